The number of fused-ring (bicyclic) bond motifs is 1. The fraction of sp³-hybridized carbons (Fsp3) is 0.167. The minimum Gasteiger partial charge on any atom is -0.438 e. The molecular formula is C12H10N2O2. The predicted octanol–water partition coefficient (Wildman–Crippen LogP) is 2.02. The van der Waals surface area contributed by atoms with E-state index in [1.165, 1.54) is 0 Å². The molecule has 2 heterocycles. The minimum absolute atomic E-state index is 0.267. The molecule has 3 rings (SSSR count). The Morgan fingerprint density at radius 3 is 2.94 bits per heavy atom. The Labute approximate surface area is 92.2 Å². The van der Waals surface area contributed by atoms with Gasteiger partial charge in [0, 0.05) is 5.39 Å². The minimum atomic E-state index is -0.375. The van der Waals surface area contributed by atoms with Crippen molar-refractivity contribution >= 4 is 17.0 Å². The Morgan fingerprint density at radius 1 is 1.25 bits per heavy atom. The average Bonchev–Trinajstić information content (AvgIpc) is 2.75. The second-order valence-corrected chi connectivity index (χ2v) is 3.70. The molecule has 1 fully saturated rings. The second kappa shape index (κ2) is 3.48. The Hall–Kier alpha value is -2.10. The van der Waals surface area contributed by atoms with Crippen LogP contribution in [0.5, 0.6) is 0 Å². The summed E-state index contributed by atoms with van der Waals surface area (Å²) in [5, 5.41) is 3.70. The molecule has 1 saturated heterocycles. The molecule has 4 heteroatoms. The van der Waals surface area contributed by atoms with E-state index < -0.39 is 0 Å². The van der Waals surface area contributed by atoms with E-state index in [0.29, 0.717) is 6.54 Å². The number of carbonyl (C=O) groups excluding carboxylic acids is 1. The van der Waals surface area contributed by atoms with Crippen molar-refractivity contribution in [2.24, 2.45) is 0 Å². The summed E-state index contributed by atoms with van der Waals surface area (Å²) in [6.07, 6.45) is -0.642. The highest BCUT2D eigenvalue weighted by molar-refractivity contribution is 5.78. The number of amides is 1. The first kappa shape index (κ1) is 9.15. The molecule has 1 atom stereocenters. The largest absolute Gasteiger partial charge is 0.438 e. The van der Waals surface area contributed by atoms with E-state index in [9.17, 15) is 4.79 Å². The molecule has 1 aliphatic rings. The molecule has 0 saturated carbocycles. The van der Waals surface area contributed by atoms with Crippen molar-refractivity contribution < 1.29 is 9.53 Å². The van der Waals surface area contributed by atoms with Crippen molar-refractivity contribution in [3.05, 3.63) is 42.1 Å². The van der Waals surface area contributed by atoms with E-state index in [0.717, 1.165) is 16.6 Å². The highest BCUT2D eigenvalue weighted by Gasteiger charge is 2.25. The first-order valence-corrected chi connectivity index (χ1v) is 5.13. The molecule has 0 bridgehead atoms. The van der Waals surface area contributed by atoms with E-state index in [1.54, 1.807) is 0 Å². The van der Waals surface area contributed by atoms with Gasteiger partial charge in [0.2, 0.25) is 0 Å². The van der Waals surface area contributed by atoms with Gasteiger partial charge in [0.1, 0.15) is 0 Å². The molecule has 1 aromatic heterocycles. The fourth-order valence-corrected chi connectivity index (χ4v) is 1.81. The van der Waals surface area contributed by atoms with Crippen LogP contribution in [0.2, 0.25) is 0 Å². The van der Waals surface area contributed by atoms with Crippen LogP contribution >= 0.6 is 0 Å². The van der Waals surface area contributed by atoms with Crippen LogP contribution in [0, 0.1) is 0 Å². The first-order valence-electron chi connectivity index (χ1n) is 5.13. The van der Waals surface area contributed by atoms with Gasteiger partial charge in [-0.25, -0.2) is 9.78 Å². The third kappa shape index (κ3) is 1.48. The summed E-state index contributed by atoms with van der Waals surface area (Å²) in [6, 6.07) is 11.8. The van der Waals surface area contributed by atoms with Crippen LogP contribution in [0.15, 0.2) is 36.4 Å². The number of carbonyl (C=O) groups is 1. The molecular weight excluding hydrogens is 204 g/mol. The van der Waals surface area contributed by atoms with Crippen molar-refractivity contribution in [1.29, 1.82) is 0 Å². The number of para-hydroxylation sites is 1. The summed E-state index contributed by atoms with van der Waals surface area (Å²) in [5.74, 6) is 0. The van der Waals surface area contributed by atoms with Gasteiger partial charge in [-0.15, -0.1) is 0 Å². The van der Waals surface area contributed by atoms with E-state index >= 15 is 0 Å². The molecule has 4 nitrogen and oxygen atoms in total. The number of benzene rings is 1. The standard InChI is InChI=1S/C12H10N2O2/c15-12-13-7-11(16-12)10-6-5-8-3-1-2-4-9(8)14-10/h1-6,11H,7H2,(H,13,15). The van der Waals surface area contributed by atoms with Crippen molar-refractivity contribution in [2.75, 3.05) is 6.54 Å². The van der Waals surface area contributed by atoms with Crippen LogP contribution in [-0.2, 0) is 4.74 Å². The van der Waals surface area contributed by atoms with Gasteiger partial charge in [0.05, 0.1) is 17.8 Å². The lowest BCUT2D eigenvalue weighted by Gasteiger charge is -2.07. The number of hydrogen-bond acceptors (Lipinski definition) is 3. The van der Waals surface area contributed by atoms with Gasteiger partial charge in [-0.3, -0.25) is 0 Å². The second-order valence-electron chi connectivity index (χ2n) is 3.70. The van der Waals surface area contributed by atoms with E-state index in [4.69, 9.17) is 4.74 Å². The quantitative estimate of drug-likeness (QED) is 0.790. The molecule has 1 N–H and O–H groups in total. The Kier molecular flexibility index (Phi) is 1.99. The van der Waals surface area contributed by atoms with Gasteiger partial charge in [-0.1, -0.05) is 24.3 Å². The van der Waals surface area contributed by atoms with Gasteiger partial charge >= 0.3 is 6.09 Å². The third-order valence-corrected chi connectivity index (χ3v) is 2.63. The summed E-state index contributed by atoms with van der Waals surface area (Å²) in [4.78, 5) is 15.4. The summed E-state index contributed by atoms with van der Waals surface area (Å²) < 4.78 is 5.08. The zero-order valence-electron chi connectivity index (χ0n) is 8.51. The lowest BCUT2D eigenvalue weighted by atomic mass is 10.1. The molecule has 0 aliphatic carbocycles. The van der Waals surface area contributed by atoms with Gasteiger partial charge < -0.3 is 10.1 Å². The summed E-state index contributed by atoms with van der Waals surface area (Å²) in [6.45, 7) is 0.490. The monoisotopic (exact) mass is 214 g/mol. The SMILES string of the molecule is O=C1NCC(c2ccc3ccccc3n2)O1. The third-order valence-electron chi connectivity index (χ3n) is 2.63. The fourth-order valence-electron chi connectivity index (χ4n) is 1.81. The van der Waals surface area contributed by atoms with Crippen LogP contribution in [0.25, 0.3) is 10.9 Å². The first-order chi connectivity index (χ1) is 7.83. The van der Waals surface area contributed by atoms with Gasteiger partial charge in [0.25, 0.3) is 0 Å². The van der Waals surface area contributed by atoms with Crippen LogP contribution in [0.1, 0.15) is 11.8 Å². The number of ether oxygens (including phenoxy) is 1. The Balaban J connectivity index is 2.02. The van der Waals surface area contributed by atoms with E-state index in [2.05, 4.69) is 10.3 Å². The predicted molar refractivity (Wildman–Crippen MR) is 59.0 cm³/mol. The topological polar surface area (TPSA) is 51.2 Å². The number of aromatic nitrogens is 1. The number of cyclic esters (lactones) is 1. The molecule has 1 amide bonds. The molecule has 1 aromatic carbocycles. The highest BCUT2D eigenvalue weighted by Crippen LogP contribution is 2.21. The molecule has 0 radical (unpaired) electrons. The number of rotatable bonds is 1. The molecule has 16 heavy (non-hydrogen) atoms. The summed E-state index contributed by atoms with van der Waals surface area (Å²) >= 11 is 0. The van der Waals surface area contributed by atoms with Gasteiger partial charge in [0.15, 0.2) is 6.10 Å². The maximum atomic E-state index is 10.9. The molecule has 1 aliphatic heterocycles. The zero-order chi connectivity index (χ0) is 11.0. The Bertz CT molecular complexity index is 553. The number of alkyl carbamates (subject to hydrolysis) is 1. The smallest absolute Gasteiger partial charge is 0.408 e. The molecule has 2 aromatic rings. The summed E-state index contributed by atoms with van der Waals surface area (Å²) in [7, 11) is 0. The van der Waals surface area contributed by atoms with Crippen LogP contribution < -0.4 is 5.32 Å². The normalized spacial score (nSPS) is 19.5. The lowest BCUT2D eigenvalue weighted by molar-refractivity contribution is 0.139. The maximum absolute atomic E-state index is 10.9. The van der Waals surface area contributed by atoms with E-state index in [1.807, 2.05) is 36.4 Å². The summed E-state index contributed by atoms with van der Waals surface area (Å²) in [5.41, 5.74) is 1.71. The van der Waals surface area contributed by atoms with Crippen molar-refractivity contribution in [1.82, 2.24) is 10.3 Å². The van der Waals surface area contributed by atoms with Gasteiger partial charge in [-0.05, 0) is 12.1 Å². The Morgan fingerprint density at radius 2 is 2.12 bits per heavy atom. The van der Waals surface area contributed by atoms with Gasteiger partial charge in [-0.2, -0.15) is 0 Å². The lowest BCUT2D eigenvalue weighted by Crippen LogP contribution is -2.12. The number of nitrogens with zero attached hydrogens (tertiary/aromatic N) is 1. The van der Waals surface area contributed by atoms with Crippen LogP contribution in [0.4, 0.5) is 4.79 Å². The molecule has 80 valence electrons. The number of pyridine rings is 1. The van der Waals surface area contributed by atoms with Crippen molar-refractivity contribution in [3.63, 3.8) is 0 Å². The molecule has 0 spiro atoms. The average molecular weight is 214 g/mol. The van der Waals surface area contributed by atoms with Crippen molar-refractivity contribution in [2.45, 2.75) is 6.10 Å². The van der Waals surface area contributed by atoms with Crippen LogP contribution in [0.3, 0.4) is 0 Å². The van der Waals surface area contributed by atoms with E-state index in [-0.39, 0.29) is 12.2 Å². The molecule has 1 unspecified atom stereocenters. The maximum Gasteiger partial charge on any atom is 0.408 e. The number of nitrogens with one attached hydrogen (secondary N) is 1. The zero-order valence-corrected chi connectivity index (χ0v) is 8.51. The number of hydrogen-bond donors (Lipinski definition) is 1. The highest BCUT2D eigenvalue weighted by atomic mass is 16.6. The van der Waals surface area contributed by atoms with Crippen LogP contribution in [-0.4, -0.2) is 17.6 Å². The van der Waals surface area contributed by atoms with Crippen molar-refractivity contribution in [3.8, 4) is 0 Å².